The zero-order valence-electron chi connectivity index (χ0n) is 17.8. The molecule has 5 rings (SSSR count). The number of carbonyl (C=O) groups is 4. The number of fused-ring (bicyclic) bond motifs is 3. The van der Waals surface area contributed by atoms with Crippen molar-refractivity contribution in [3.8, 4) is 0 Å². The predicted molar refractivity (Wildman–Crippen MR) is 109 cm³/mol. The number of benzene rings is 1. The first-order valence-corrected chi connectivity index (χ1v) is 10.6. The maximum atomic E-state index is 15.1. The van der Waals surface area contributed by atoms with E-state index in [0.29, 0.717) is 18.3 Å². The summed E-state index contributed by atoms with van der Waals surface area (Å²) in [7, 11) is 0. The standard InChI is InChI=1S/C22H25FN4O4/c1-22(2,3)26-10-11-6-12(26)9-25(11)17-8-14-13(7-15(17)23)20(30)27(21(14)31)16-4-5-18(28)24-19(16)29/h7-8,11-12,16H,4-6,9-10H2,1-3H3,(H,24,28,29). The molecule has 4 aliphatic heterocycles. The molecule has 2 bridgehead atoms. The fourth-order valence-corrected chi connectivity index (χ4v) is 5.48. The van der Waals surface area contributed by atoms with Crippen LogP contribution in [0.5, 0.6) is 0 Å². The summed E-state index contributed by atoms with van der Waals surface area (Å²) in [5.74, 6) is -2.96. The van der Waals surface area contributed by atoms with Gasteiger partial charge in [-0.05, 0) is 45.7 Å². The largest absolute Gasteiger partial charge is 0.363 e. The van der Waals surface area contributed by atoms with Gasteiger partial charge in [0.05, 0.1) is 16.8 Å². The van der Waals surface area contributed by atoms with Crippen molar-refractivity contribution in [3.63, 3.8) is 0 Å². The molecule has 0 radical (unpaired) electrons. The highest BCUT2D eigenvalue weighted by atomic mass is 19.1. The first-order chi connectivity index (χ1) is 14.6. The van der Waals surface area contributed by atoms with Crippen molar-refractivity contribution in [2.75, 3.05) is 18.0 Å². The molecular formula is C22H25FN4O4. The van der Waals surface area contributed by atoms with Crippen molar-refractivity contribution in [1.82, 2.24) is 15.1 Å². The number of piperazine rings is 1. The van der Waals surface area contributed by atoms with Crippen LogP contribution in [0.25, 0.3) is 0 Å². The number of anilines is 1. The summed E-state index contributed by atoms with van der Waals surface area (Å²) < 4.78 is 15.1. The summed E-state index contributed by atoms with van der Waals surface area (Å²) >= 11 is 0. The molecule has 4 amide bonds. The van der Waals surface area contributed by atoms with E-state index in [9.17, 15) is 19.2 Å². The van der Waals surface area contributed by atoms with Gasteiger partial charge in [0.1, 0.15) is 11.9 Å². The van der Waals surface area contributed by atoms with E-state index >= 15 is 4.39 Å². The second-order valence-corrected chi connectivity index (χ2v) is 9.82. The molecule has 3 saturated heterocycles. The van der Waals surface area contributed by atoms with Gasteiger partial charge in [0.15, 0.2) is 0 Å². The van der Waals surface area contributed by atoms with Crippen LogP contribution in [0, 0.1) is 5.82 Å². The van der Waals surface area contributed by atoms with Gasteiger partial charge in [-0.1, -0.05) is 0 Å². The summed E-state index contributed by atoms with van der Waals surface area (Å²) in [5.41, 5.74) is 0.441. The number of carbonyl (C=O) groups excluding carboxylic acids is 4. The normalized spacial score (nSPS) is 28.6. The van der Waals surface area contributed by atoms with Crippen LogP contribution in [-0.4, -0.2) is 70.2 Å². The Morgan fingerprint density at radius 1 is 1.00 bits per heavy atom. The summed E-state index contributed by atoms with van der Waals surface area (Å²) in [6, 6.07) is 1.98. The zero-order valence-corrected chi connectivity index (χ0v) is 17.8. The predicted octanol–water partition coefficient (Wildman–Crippen LogP) is 1.29. The molecular weight excluding hydrogens is 403 g/mol. The third-order valence-electron chi connectivity index (χ3n) is 6.92. The molecule has 0 saturated carbocycles. The molecule has 9 heteroatoms. The third kappa shape index (κ3) is 2.97. The Kier molecular flexibility index (Phi) is 4.28. The number of imide groups is 2. The number of hydrogen-bond donors (Lipinski definition) is 1. The molecule has 0 aliphatic carbocycles. The van der Waals surface area contributed by atoms with Gasteiger partial charge in [-0.2, -0.15) is 0 Å². The molecule has 4 aliphatic rings. The monoisotopic (exact) mass is 428 g/mol. The number of amides is 4. The third-order valence-corrected chi connectivity index (χ3v) is 6.92. The van der Waals surface area contributed by atoms with Crippen LogP contribution in [0.4, 0.5) is 10.1 Å². The van der Waals surface area contributed by atoms with Gasteiger partial charge in [0.25, 0.3) is 11.8 Å². The average Bonchev–Trinajstić information content (AvgIpc) is 3.35. The molecule has 0 aromatic heterocycles. The molecule has 1 aromatic rings. The van der Waals surface area contributed by atoms with Crippen molar-refractivity contribution in [1.29, 1.82) is 0 Å². The summed E-state index contributed by atoms with van der Waals surface area (Å²) in [4.78, 5) is 54.8. The lowest BCUT2D eigenvalue weighted by molar-refractivity contribution is -0.136. The van der Waals surface area contributed by atoms with Crippen LogP contribution in [0.2, 0.25) is 0 Å². The lowest BCUT2D eigenvalue weighted by Gasteiger charge is -2.42. The minimum atomic E-state index is -1.06. The number of nitrogens with one attached hydrogen (secondary N) is 1. The van der Waals surface area contributed by atoms with Crippen molar-refractivity contribution >= 4 is 29.3 Å². The molecule has 3 fully saturated rings. The molecule has 3 unspecified atom stereocenters. The highest BCUT2D eigenvalue weighted by molar-refractivity contribution is 6.23. The molecule has 3 atom stereocenters. The summed E-state index contributed by atoms with van der Waals surface area (Å²) in [5, 5.41) is 2.17. The molecule has 8 nitrogen and oxygen atoms in total. The van der Waals surface area contributed by atoms with E-state index in [0.717, 1.165) is 23.9 Å². The number of piperidine rings is 1. The number of hydrogen-bond acceptors (Lipinski definition) is 6. The minimum Gasteiger partial charge on any atom is -0.363 e. The first-order valence-electron chi connectivity index (χ1n) is 10.6. The van der Waals surface area contributed by atoms with Crippen molar-refractivity contribution in [2.45, 2.75) is 63.7 Å². The average molecular weight is 428 g/mol. The number of nitrogens with zero attached hydrogens (tertiary/aromatic N) is 3. The van der Waals surface area contributed by atoms with Crippen LogP contribution in [0.1, 0.15) is 60.7 Å². The zero-order chi connectivity index (χ0) is 22.2. The molecule has 0 spiro atoms. The second kappa shape index (κ2) is 6.59. The lowest BCUT2D eigenvalue weighted by atomic mass is 10.0. The maximum Gasteiger partial charge on any atom is 0.262 e. The van der Waals surface area contributed by atoms with Gasteiger partial charge >= 0.3 is 0 Å². The highest BCUT2D eigenvalue weighted by Crippen LogP contribution is 2.41. The minimum absolute atomic E-state index is 0.0309. The molecule has 4 heterocycles. The second-order valence-electron chi connectivity index (χ2n) is 9.82. The van der Waals surface area contributed by atoms with Crippen LogP contribution in [-0.2, 0) is 9.59 Å². The maximum absolute atomic E-state index is 15.1. The van der Waals surface area contributed by atoms with Crippen LogP contribution in [0.15, 0.2) is 12.1 Å². The van der Waals surface area contributed by atoms with Gasteiger partial charge in [0, 0.05) is 37.1 Å². The Balaban J connectivity index is 1.43. The Labute approximate surface area is 179 Å². The van der Waals surface area contributed by atoms with E-state index < -0.39 is 35.5 Å². The molecule has 1 N–H and O–H groups in total. The van der Waals surface area contributed by atoms with E-state index in [2.05, 4.69) is 31.0 Å². The van der Waals surface area contributed by atoms with E-state index in [1.807, 2.05) is 4.90 Å². The van der Waals surface area contributed by atoms with Crippen LogP contribution < -0.4 is 10.2 Å². The highest BCUT2D eigenvalue weighted by Gasteiger charge is 2.49. The van der Waals surface area contributed by atoms with Gasteiger partial charge in [0.2, 0.25) is 11.8 Å². The Morgan fingerprint density at radius 3 is 2.26 bits per heavy atom. The Bertz CT molecular complexity index is 1030. The lowest BCUT2D eigenvalue weighted by Crippen LogP contribution is -2.54. The topological polar surface area (TPSA) is 90.0 Å². The Hall–Kier alpha value is -2.81. The van der Waals surface area contributed by atoms with Gasteiger partial charge in [-0.15, -0.1) is 0 Å². The van der Waals surface area contributed by atoms with Crippen LogP contribution in [0.3, 0.4) is 0 Å². The number of rotatable bonds is 2. The smallest absolute Gasteiger partial charge is 0.262 e. The Morgan fingerprint density at radius 2 is 1.68 bits per heavy atom. The van der Waals surface area contributed by atoms with E-state index in [1.165, 1.54) is 6.07 Å². The van der Waals surface area contributed by atoms with E-state index in [4.69, 9.17) is 0 Å². The molecule has 1 aromatic carbocycles. The van der Waals surface area contributed by atoms with Crippen LogP contribution >= 0.6 is 0 Å². The van der Waals surface area contributed by atoms with Gasteiger partial charge in [-0.25, -0.2) is 4.39 Å². The molecule has 31 heavy (non-hydrogen) atoms. The number of halogens is 1. The quantitative estimate of drug-likeness (QED) is 0.714. The fraction of sp³-hybridized carbons (Fsp3) is 0.545. The van der Waals surface area contributed by atoms with E-state index in [-0.39, 0.29) is 35.5 Å². The SMILES string of the molecule is CC(C)(C)N1CC2CC1CN2c1cc2c(cc1F)C(=O)N(C1CCC(=O)NC1=O)C2=O. The number of likely N-dealkylation sites (tertiary alicyclic amines) is 1. The van der Waals surface area contributed by atoms with Crippen molar-refractivity contribution < 1.29 is 23.6 Å². The van der Waals surface area contributed by atoms with Gasteiger partial charge in [-0.3, -0.25) is 34.3 Å². The van der Waals surface area contributed by atoms with Crippen molar-refractivity contribution in [2.24, 2.45) is 0 Å². The first kappa shape index (κ1) is 20.1. The van der Waals surface area contributed by atoms with E-state index in [1.54, 1.807) is 0 Å². The van der Waals surface area contributed by atoms with Gasteiger partial charge < -0.3 is 4.90 Å². The summed E-state index contributed by atoms with van der Waals surface area (Å²) in [6.07, 6.45) is 1.05. The van der Waals surface area contributed by atoms with Crippen molar-refractivity contribution in [3.05, 3.63) is 29.1 Å². The molecule has 164 valence electrons. The summed E-state index contributed by atoms with van der Waals surface area (Å²) in [6.45, 7) is 7.99. The fourth-order valence-electron chi connectivity index (χ4n) is 5.48.